The zero-order valence-corrected chi connectivity index (χ0v) is 24.5. The van der Waals surface area contributed by atoms with Crippen LogP contribution in [-0.4, -0.2) is 57.5 Å². The number of nitrogens with zero attached hydrogens (tertiary/aromatic N) is 3. The third-order valence-corrected chi connectivity index (χ3v) is 9.05. The van der Waals surface area contributed by atoms with E-state index in [1.54, 1.807) is 41.5 Å². The lowest BCUT2D eigenvalue weighted by molar-refractivity contribution is -0.385. The molecule has 0 spiro atoms. The van der Waals surface area contributed by atoms with Crippen molar-refractivity contribution in [1.29, 1.82) is 0 Å². The van der Waals surface area contributed by atoms with Crippen LogP contribution in [0.25, 0.3) is 0 Å². The molecule has 0 bridgehead atoms. The molecule has 0 aliphatic carbocycles. The van der Waals surface area contributed by atoms with E-state index in [9.17, 15) is 28.1 Å². The van der Waals surface area contributed by atoms with Crippen molar-refractivity contribution in [3.63, 3.8) is 0 Å². The van der Waals surface area contributed by atoms with Gasteiger partial charge in [0.2, 0.25) is 0 Å². The summed E-state index contributed by atoms with van der Waals surface area (Å²) in [6, 6.07) is 2.67. The number of rotatable bonds is 4. The summed E-state index contributed by atoms with van der Waals surface area (Å²) in [5.74, 6) is -1.55. The number of sulfone groups is 1. The van der Waals surface area contributed by atoms with Gasteiger partial charge in [0, 0.05) is 17.7 Å². The van der Waals surface area contributed by atoms with Gasteiger partial charge in [-0.2, -0.15) is 4.90 Å². The lowest BCUT2D eigenvalue weighted by atomic mass is 9.85. The number of amides is 2. The minimum absolute atomic E-state index is 0.208. The number of hydrogen-bond donors (Lipinski definition) is 0. The van der Waals surface area contributed by atoms with Crippen LogP contribution in [0.15, 0.2) is 35.8 Å². The predicted molar refractivity (Wildman–Crippen MR) is 144 cm³/mol. The first-order chi connectivity index (χ1) is 17.5. The average Bonchev–Trinajstić information content (AvgIpc) is 2.73. The van der Waals surface area contributed by atoms with Gasteiger partial charge in [0.15, 0.2) is 9.84 Å². The molecule has 0 fully saturated rings. The highest BCUT2D eigenvalue weighted by molar-refractivity contribution is 7.94. The van der Waals surface area contributed by atoms with E-state index in [0.717, 1.165) is 18.2 Å². The number of nitro benzene ring substituents is 1. The van der Waals surface area contributed by atoms with E-state index in [1.807, 2.05) is 0 Å². The summed E-state index contributed by atoms with van der Waals surface area (Å²) in [4.78, 5) is 42.5. The Morgan fingerprint density at radius 2 is 1.62 bits per heavy atom. The first-order valence-electron chi connectivity index (χ1n) is 12.1. The van der Waals surface area contributed by atoms with E-state index in [0.29, 0.717) is 4.90 Å². The number of allylic oxidation sites excluding steroid dienone is 1. The monoisotopic (exact) mass is 569 g/mol. The number of hydrogen-bond acceptors (Lipinski definition) is 9. The molecule has 2 amide bonds. The molecule has 0 saturated heterocycles. The second kappa shape index (κ2) is 10.3. The molecule has 1 heterocycles. The minimum Gasteiger partial charge on any atom is -0.443 e. The van der Waals surface area contributed by atoms with Gasteiger partial charge >= 0.3 is 12.2 Å². The van der Waals surface area contributed by atoms with Crippen molar-refractivity contribution in [3.05, 3.63) is 52.3 Å². The Labute approximate surface area is 228 Å². The first-order valence-corrected chi connectivity index (χ1v) is 13.7. The van der Waals surface area contributed by atoms with Gasteiger partial charge in [0.25, 0.3) is 5.69 Å². The largest absolute Gasteiger partial charge is 0.443 e. The molecule has 11 nitrogen and oxygen atoms in total. The predicted octanol–water partition coefficient (Wildman–Crippen LogP) is 5.67. The van der Waals surface area contributed by atoms with E-state index < -0.39 is 76.6 Å². The lowest BCUT2D eigenvalue weighted by Crippen LogP contribution is -2.64. The van der Waals surface area contributed by atoms with Crippen molar-refractivity contribution < 1.29 is 36.8 Å². The van der Waals surface area contributed by atoms with Crippen LogP contribution < -0.4 is 0 Å². The molecule has 1 aliphatic rings. The number of benzene rings is 1. The van der Waals surface area contributed by atoms with Crippen molar-refractivity contribution in [2.24, 2.45) is 4.99 Å². The number of carbonyl (C=O) groups is 2. The summed E-state index contributed by atoms with van der Waals surface area (Å²) in [6.07, 6.45) is -1.42. The zero-order valence-electron chi connectivity index (χ0n) is 23.7. The third-order valence-electron chi connectivity index (χ3n) is 6.04. The van der Waals surface area contributed by atoms with Gasteiger partial charge in [-0.3, -0.25) is 15.1 Å². The Morgan fingerprint density at radius 3 is 2.03 bits per heavy atom. The average molecular weight is 570 g/mol. The summed E-state index contributed by atoms with van der Waals surface area (Å²) in [7, 11) is -4.41. The number of halogens is 1. The maximum Gasteiger partial charge on any atom is 0.425 e. The van der Waals surface area contributed by atoms with Crippen LogP contribution in [0.3, 0.4) is 0 Å². The summed E-state index contributed by atoms with van der Waals surface area (Å²) in [5.41, 5.74) is -5.14. The molecular weight excluding hydrogens is 533 g/mol. The molecule has 1 unspecified atom stereocenters. The molecule has 0 saturated carbocycles. The fourth-order valence-corrected chi connectivity index (χ4v) is 6.43. The summed E-state index contributed by atoms with van der Waals surface area (Å²) in [5, 5.41) is 10.0. The van der Waals surface area contributed by atoms with E-state index in [2.05, 4.69) is 11.6 Å². The van der Waals surface area contributed by atoms with E-state index in [4.69, 9.17) is 9.47 Å². The van der Waals surface area contributed by atoms with Crippen molar-refractivity contribution >= 4 is 33.5 Å². The van der Waals surface area contributed by atoms with Crippen molar-refractivity contribution in [2.75, 3.05) is 0 Å². The van der Waals surface area contributed by atoms with Crippen molar-refractivity contribution in [1.82, 2.24) is 4.90 Å². The quantitative estimate of drug-likeness (QED) is 0.256. The number of imide groups is 1. The number of nitro groups is 1. The van der Waals surface area contributed by atoms with Gasteiger partial charge in [-0.1, -0.05) is 6.08 Å². The summed E-state index contributed by atoms with van der Waals surface area (Å²) >= 11 is 0. The highest BCUT2D eigenvalue weighted by atomic mass is 32.2. The van der Waals surface area contributed by atoms with E-state index >= 15 is 4.39 Å². The molecule has 0 aromatic heterocycles. The normalized spacial score (nSPS) is 22.3. The Hall–Kier alpha value is -3.35. The zero-order chi connectivity index (χ0) is 30.4. The molecule has 216 valence electrons. The Kier molecular flexibility index (Phi) is 8.43. The maximum atomic E-state index is 15.3. The van der Waals surface area contributed by atoms with Crippen LogP contribution in [-0.2, 0) is 24.8 Å². The number of ether oxygens (including phenoxy) is 2. The third kappa shape index (κ3) is 6.29. The van der Waals surface area contributed by atoms with Crippen LogP contribution in [0, 0.1) is 15.9 Å². The molecule has 2 atom stereocenters. The SMILES string of the molecule is C=CCC1[C@@](C)(c2cc([N+](=O)[O-])ccc2F)N=C(N(C(=O)OC(C)(C)C)C(=O)OC(C)(C)C)C(C)(C)S1(=O)=O. The Morgan fingerprint density at radius 1 is 1.13 bits per heavy atom. The van der Waals surface area contributed by atoms with Crippen LogP contribution >= 0.6 is 0 Å². The molecule has 2 rings (SSSR count). The molecule has 1 aliphatic heterocycles. The molecule has 39 heavy (non-hydrogen) atoms. The van der Waals surface area contributed by atoms with Crippen LogP contribution in [0.2, 0.25) is 0 Å². The fraction of sp³-hybridized carbons (Fsp3) is 0.577. The number of carbonyl (C=O) groups excluding carboxylic acids is 2. The van der Waals surface area contributed by atoms with Gasteiger partial charge in [-0.15, -0.1) is 6.58 Å². The van der Waals surface area contributed by atoms with Crippen LogP contribution in [0.5, 0.6) is 0 Å². The highest BCUT2D eigenvalue weighted by Crippen LogP contribution is 2.47. The van der Waals surface area contributed by atoms with Gasteiger partial charge in [-0.05, 0) is 74.8 Å². The minimum atomic E-state index is -4.41. The van der Waals surface area contributed by atoms with Crippen LogP contribution in [0.1, 0.15) is 74.3 Å². The van der Waals surface area contributed by atoms with Gasteiger partial charge in [0.1, 0.15) is 33.1 Å². The maximum absolute atomic E-state index is 15.3. The number of amidine groups is 1. The molecule has 0 N–H and O–H groups in total. The van der Waals surface area contributed by atoms with Gasteiger partial charge < -0.3 is 9.47 Å². The van der Waals surface area contributed by atoms with Gasteiger partial charge in [0.05, 0.1) is 10.2 Å². The van der Waals surface area contributed by atoms with Gasteiger partial charge in [-0.25, -0.2) is 22.4 Å². The highest BCUT2D eigenvalue weighted by Gasteiger charge is 2.60. The van der Waals surface area contributed by atoms with E-state index in [1.165, 1.54) is 26.8 Å². The molecule has 1 aromatic carbocycles. The Bertz CT molecular complexity index is 1300. The molecule has 0 radical (unpaired) electrons. The first kappa shape index (κ1) is 31.9. The topological polar surface area (TPSA) is 145 Å². The van der Waals surface area contributed by atoms with E-state index in [-0.39, 0.29) is 6.42 Å². The number of aliphatic imine (C=N–C) groups is 1. The van der Waals surface area contributed by atoms with Crippen LogP contribution in [0.4, 0.5) is 19.7 Å². The second-order valence-electron chi connectivity index (χ2n) is 11.9. The smallest absolute Gasteiger partial charge is 0.425 e. The standard InChI is InChI=1S/C26H36FN3O8S/c1-11-12-19-26(10,17-15-16(30(33)34)13-14-18(17)27)28-20(25(8,9)39(19,35)36)29(21(31)37-23(2,3)4)22(32)38-24(5,6)7/h11,13-15,19H,1,12H2,2-10H3/t19?,26-/m1/s1. The fourth-order valence-electron chi connectivity index (χ4n) is 4.15. The summed E-state index contributed by atoms with van der Waals surface area (Å²) in [6.45, 7) is 16.7. The lowest BCUT2D eigenvalue weighted by Gasteiger charge is -2.46. The molecule has 13 heteroatoms. The second-order valence-corrected chi connectivity index (χ2v) is 14.5. The molecule has 1 aromatic rings. The molecular formula is C26H36FN3O8S. The van der Waals surface area contributed by atoms with Crippen molar-refractivity contribution in [2.45, 2.75) is 95.5 Å². The summed E-state index contributed by atoms with van der Waals surface area (Å²) < 4.78 is 52.4. The van der Waals surface area contributed by atoms with Crippen molar-refractivity contribution in [3.8, 4) is 0 Å². The Balaban J connectivity index is 3.04. The number of non-ortho nitro benzene ring substituents is 1.